The van der Waals surface area contributed by atoms with Gasteiger partial charge in [-0.3, -0.25) is 5.10 Å². The highest BCUT2D eigenvalue weighted by Crippen LogP contribution is 2.36. The van der Waals surface area contributed by atoms with Gasteiger partial charge in [0.1, 0.15) is 11.6 Å². The highest BCUT2D eigenvalue weighted by atomic mass is 35.5. The molecule has 1 aromatic heterocycles. The fraction of sp³-hybridized carbons (Fsp3) is 0.100. The second-order valence-electron chi connectivity index (χ2n) is 3.30. The summed E-state index contributed by atoms with van der Waals surface area (Å²) in [6.07, 6.45) is 0. The summed E-state index contributed by atoms with van der Waals surface area (Å²) in [5.74, 6) is 0.418. The Bertz CT molecular complexity index is 507. The summed E-state index contributed by atoms with van der Waals surface area (Å²) in [7, 11) is 0. The van der Waals surface area contributed by atoms with Gasteiger partial charge in [0.05, 0.1) is 10.7 Å². The second kappa shape index (κ2) is 3.47. The van der Waals surface area contributed by atoms with E-state index in [-0.39, 0.29) is 5.75 Å². The van der Waals surface area contributed by atoms with Crippen molar-refractivity contribution in [1.29, 1.82) is 0 Å². The van der Waals surface area contributed by atoms with Gasteiger partial charge in [-0.2, -0.15) is 5.10 Å². The molecule has 0 bridgehead atoms. The number of phenolic OH excluding ortho intramolecular Hbond substituents is 1. The average molecular weight is 224 g/mol. The van der Waals surface area contributed by atoms with Gasteiger partial charge in [-0.1, -0.05) is 17.7 Å². The molecule has 0 saturated carbocycles. The fourth-order valence-corrected chi connectivity index (χ4v) is 1.52. The maximum Gasteiger partial charge on any atom is 0.145 e. The fourth-order valence-electron chi connectivity index (χ4n) is 1.36. The lowest BCUT2D eigenvalue weighted by Crippen LogP contribution is -1.83. The van der Waals surface area contributed by atoms with Crippen molar-refractivity contribution in [3.8, 4) is 17.0 Å². The van der Waals surface area contributed by atoms with Crippen LogP contribution in [0.25, 0.3) is 11.3 Å². The van der Waals surface area contributed by atoms with E-state index in [4.69, 9.17) is 17.3 Å². The van der Waals surface area contributed by atoms with Crippen LogP contribution in [0, 0.1) is 6.92 Å². The number of aromatic amines is 1. The molecule has 0 fully saturated rings. The third-order valence-electron chi connectivity index (χ3n) is 2.20. The molecule has 78 valence electrons. The summed E-state index contributed by atoms with van der Waals surface area (Å²) >= 11 is 5.92. The SMILES string of the molecule is Cc1ccc(-c2cc(N)n[nH]2)c(O)c1Cl. The molecule has 1 aromatic carbocycles. The van der Waals surface area contributed by atoms with Crippen molar-refractivity contribution in [2.45, 2.75) is 6.92 Å². The Labute approximate surface area is 91.7 Å². The van der Waals surface area contributed by atoms with Gasteiger partial charge in [0.2, 0.25) is 0 Å². The van der Waals surface area contributed by atoms with Crippen LogP contribution in [0.3, 0.4) is 0 Å². The number of rotatable bonds is 1. The van der Waals surface area contributed by atoms with Crippen molar-refractivity contribution in [1.82, 2.24) is 10.2 Å². The third kappa shape index (κ3) is 1.64. The van der Waals surface area contributed by atoms with E-state index in [9.17, 15) is 5.11 Å². The van der Waals surface area contributed by atoms with Crippen LogP contribution in [0.15, 0.2) is 18.2 Å². The lowest BCUT2D eigenvalue weighted by atomic mass is 10.1. The van der Waals surface area contributed by atoms with Gasteiger partial charge in [0, 0.05) is 11.6 Å². The normalized spacial score (nSPS) is 10.5. The number of nitrogen functional groups attached to an aromatic ring is 1. The monoisotopic (exact) mass is 223 g/mol. The van der Waals surface area contributed by atoms with Crippen molar-refractivity contribution >= 4 is 17.4 Å². The summed E-state index contributed by atoms with van der Waals surface area (Å²) in [5.41, 5.74) is 7.54. The molecule has 2 rings (SSSR count). The first-order valence-corrected chi connectivity index (χ1v) is 4.76. The lowest BCUT2D eigenvalue weighted by molar-refractivity contribution is 0.477. The highest BCUT2D eigenvalue weighted by Gasteiger charge is 2.11. The molecular weight excluding hydrogens is 214 g/mol. The van der Waals surface area contributed by atoms with Crippen LogP contribution in [0.2, 0.25) is 5.02 Å². The van der Waals surface area contributed by atoms with Gasteiger partial charge in [-0.05, 0) is 18.6 Å². The first-order valence-electron chi connectivity index (χ1n) is 4.39. The number of nitrogens with zero attached hydrogens (tertiary/aromatic N) is 1. The summed E-state index contributed by atoms with van der Waals surface area (Å²) in [6.45, 7) is 1.83. The Morgan fingerprint density at radius 2 is 2.20 bits per heavy atom. The predicted octanol–water partition coefficient (Wildman–Crippen LogP) is 2.33. The van der Waals surface area contributed by atoms with E-state index in [2.05, 4.69) is 10.2 Å². The Hall–Kier alpha value is -1.68. The average Bonchev–Trinajstić information content (AvgIpc) is 2.61. The van der Waals surface area contributed by atoms with Crippen LogP contribution < -0.4 is 5.73 Å². The smallest absolute Gasteiger partial charge is 0.145 e. The minimum atomic E-state index is 0.0420. The molecule has 5 heteroatoms. The van der Waals surface area contributed by atoms with Gasteiger partial charge in [0.25, 0.3) is 0 Å². The van der Waals surface area contributed by atoms with E-state index in [0.29, 0.717) is 22.1 Å². The quantitative estimate of drug-likeness (QED) is 0.695. The molecule has 2 aromatic rings. The largest absolute Gasteiger partial charge is 0.506 e. The number of hydrogen-bond acceptors (Lipinski definition) is 3. The van der Waals surface area contributed by atoms with E-state index in [1.54, 1.807) is 12.1 Å². The van der Waals surface area contributed by atoms with Crippen molar-refractivity contribution < 1.29 is 5.11 Å². The minimum absolute atomic E-state index is 0.0420. The number of aryl methyl sites for hydroxylation is 1. The molecule has 0 amide bonds. The highest BCUT2D eigenvalue weighted by molar-refractivity contribution is 6.33. The molecule has 15 heavy (non-hydrogen) atoms. The predicted molar refractivity (Wildman–Crippen MR) is 59.8 cm³/mol. The molecule has 0 aliphatic heterocycles. The topological polar surface area (TPSA) is 74.9 Å². The first kappa shape index (κ1) is 9.86. The summed E-state index contributed by atoms with van der Waals surface area (Å²) < 4.78 is 0. The van der Waals surface area contributed by atoms with Gasteiger partial charge >= 0.3 is 0 Å². The molecule has 0 aliphatic rings. The number of nitrogens with two attached hydrogens (primary N) is 1. The van der Waals surface area contributed by atoms with Crippen molar-refractivity contribution in [3.63, 3.8) is 0 Å². The molecule has 0 spiro atoms. The van der Waals surface area contributed by atoms with E-state index in [0.717, 1.165) is 5.56 Å². The zero-order chi connectivity index (χ0) is 11.0. The maximum absolute atomic E-state index is 9.82. The van der Waals surface area contributed by atoms with E-state index < -0.39 is 0 Å². The Morgan fingerprint density at radius 3 is 2.80 bits per heavy atom. The number of anilines is 1. The van der Waals surface area contributed by atoms with Crippen molar-refractivity contribution in [2.24, 2.45) is 0 Å². The third-order valence-corrected chi connectivity index (χ3v) is 2.67. The van der Waals surface area contributed by atoms with Gasteiger partial charge in [-0.25, -0.2) is 0 Å². The lowest BCUT2D eigenvalue weighted by Gasteiger charge is -2.05. The van der Waals surface area contributed by atoms with E-state index in [1.807, 2.05) is 13.0 Å². The number of aromatic hydroxyl groups is 1. The number of halogens is 1. The maximum atomic E-state index is 9.82. The van der Waals surface area contributed by atoms with Gasteiger partial charge in [-0.15, -0.1) is 0 Å². The first-order chi connectivity index (χ1) is 7.09. The van der Waals surface area contributed by atoms with Crippen molar-refractivity contribution in [3.05, 3.63) is 28.8 Å². The number of nitrogens with one attached hydrogen (secondary N) is 1. The summed E-state index contributed by atoms with van der Waals surface area (Å²) in [6, 6.07) is 5.23. The minimum Gasteiger partial charge on any atom is -0.506 e. The molecule has 0 saturated heterocycles. The molecule has 4 nitrogen and oxygen atoms in total. The number of aromatic nitrogens is 2. The molecule has 1 heterocycles. The summed E-state index contributed by atoms with van der Waals surface area (Å²) in [5, 5.41) is 16.7. The van der Waals surface area contributed by atoms with Crippen LogP contribution >= 0.6 is 11.6 Å². The van der Waals surface area contributed by atoms with E-state index in [1.165, 1.54) is 0 Å². The number of hydrogen-bond donors (Lipinski definition) is 3. The zero-order valence-corrected chi connectivity index (χ0v) is 8.84. The Balaban J connectivity index is 2.59. The molecule has 4 N–H and O–H groups in total. The molecule has 0 aliphatic carbocycles. The molecule has 0 unspecified atom stereocenters. The summed E-state index contributed by atoms with van der Waals surface area (Å²) in [4.78, 5) is 0. The van der Waals surface area contributed by atoms with Gasteiger partial charge < -0.3 is 10.8 Å². The second-order valence-corrected chi connectivity index (χ2v) is 3.68. The molecule has 0 radical (unpaired) electrons. The molecule has 0 atom stereocenters. The van der Waals surface area contributed by atoms with E-state index >= 15 is 0 Å². The molecular formula is C10H10ClN3O. The zero-order valence-electron chi connectivity index (χ0n) is 8.08. The Morgan fingerprint density at radius 1 is 1.47 bits per heavy atom. The van der Waals surface area contributed by atoms with Crippen LogP contribution in [0.5, 0.6) is 5.75 Å². The number of H-pyrrole nitrogens is 1. The van der Waals surface area contributed by atoms with Crippen LogP contribution in [0.4, 0.5) is 5.82 Å². The number of phenols is 1. The standard InChI is InChI=1S/C10H10ClN3O/c1-5-2-3-6(10(15)9(5)11)7-4-8(12)14-13-7/h2-4,15H,1H3,(H3,12,13,14). The van der Waals surface area contributed by atoms with Crippen LogP contribution in [-0.4, -0.2) is 15.3 Å². The Kier molecular flexibility index (Phi) is 2.28. The number of benzene rings is 1. The van der Waals surface area contributed by atoms with Crippen molar-refractivity contribution in [2.75, 3.05) is 5.73 Å². The van der Waals surface area contributed by atoms with Gasteiger partial charge in [0.15, 0.2) is 0 Å². The van der Waals surface area contributed by atoms with Crippen LogP contribution in [0.1, 0.15) is 5.56 Å². The van der Waals surface area contributed by atoms with Crippen LogP contribution in [-0.2, 0) is 0 Å².